The van der Waals surface area contributed by atoms with Crippen LogP contribution in [0.2, 0.25) is 0 Å². The molecule has 2 unspecified atom stereocenters. The number of hydrogen-bond acceptors (Lipinski definition) is 3. The fourth-order valence-electron chi connectivity index (χ4n) is 3.59. The average molecular weight is 266 g/mol. The van der Waals surface area contributed by atoms with Crippen molar-refractivity contribution in [2.24, 2.45) is 11.1 Å². The van der Waals surface area contributed by atoms with Gasteiger partial charge in [0.25, 0.3) is 0 Å². The molecule has 1 aliphatic carbocycles. The van der Waals surface area contributed by atoms with Crippen LogP contribution in [0.1, 0.15) is 65.2 Å². The second-order valence-electron chi connectivity index (χ2n) is 6.10. The molecule has 108 valence electrons. The molecule has 1 saturated carbocycles. The second-order valence-corrected chi connectivity index (χ2v) is 6.10. The van der Waals surface area contributed by atoms with Crippen LogP contribution in [0.25, 0.3) is 0 Å². The molecule has 0 spiro atoms. The summed E-state index contributed by atoms with van der Waals surface area (Å²) in [6.07, 6.45) is 7.00. The van der Waals surface area contributed by atoms with Crippen LogP contribution < -0.4 is 5.73 Å². The van der Waals surface area contributed by atoms with E-state index in [1.165, 1.54) is 4.90 Å². The van der Waals surface area contributed by atoms with Gasteiger partial charge in [-0.2, -0.15) is 0 Å². The van der Waals surface area contributed by atoms with Crippen LogP contribution in [0.5, 0.6) is 0 Å². The van der Waals surface area contributed by atoms with E-state index in [1.54, 1.807) is 0 Å². The molecule has 0 bridgehead atoms. The maximum Gasteiger partial charge on any atom is 0.236 e. The minimum absolute atomic E-state index is 0.00366. The highest BCUT2D eigenvalue weighted by Crippen LogP contribution is 2.41. The molecule has 0 radical (unpaired) electrons. The Kier molecular flexibility index (Phi) is 4.29. The van der Waals surface area contributed by atoms with Gasteiger partial charge in [-0.3, -0.25) is 14.5 Å². The Morgan fingerprint density at radius 2 is 1.79 bits per heavy atom. The largest absolute Gasteiger partial charge is 0.326 e. The number of likely N-dealkylation sites (tertiary alicyclic amines) is 1. The van der Waals surface area contributed by atoms with Crippen LogP contribution in [-0.2, 0) is 9.59 Å². The molecule has 0 aromatic carbocycles. The quantitative estimate of drug-likeness (QED) is 0.629. The third-order valence-electron chi connectivity index (χ3n) is 5.15. The summed E-state index contributed by atoms with van der Waals surface area (Å²) in [5, 5.41) is 0. The highest BCUT2D eigenvalue weighted by molar-refractivity contribution is 6.06. The molecule has 19 heavy (non-hydrogen) atoms. The molecule has 2 N–H and O–H groups in total. The Balaban J connectivity index is 2.24. The number of carbonyl (C=O) groups is 2. The number of amides is 2. The summed E-state index contributed by atoms with van der Waals surface area (Å²) in [6, 6.07) is -0.109. The van der Waals surface area contributed by atoms with E-state index in [4.69, 9.17) is 5.73 Å². The van der Waals surface area contributed by atoms with Crippen LogP contribution in [0.3, 0.4) is 0 Å². The van der Waals surface area contributed by atoms with Gasteiger partial charge in [-0.05, 0) is 25.7 Å². The fraction of sp³-hybridized carbons (Fsp3) is 0.867. The molecule has 2 fully saturated rings. The Labute approximate surface area is 115 Å². The summed E-state index contributed by atoms with van der Waals surface area (Å²) in [7, 11) is 0. The molecular formula is C15H26N2O2. The van der Waals surface area contributed by atoms with Crippen LogP contribution >= 0.6 is 0 Å². The molecule has 0 aromatic heterocycles. The van der Waals surface area contributed by atoms with Crippen molar-refractivity contribution in [3.05, 3.63) is 0 Å². The van der Waals surface area contributed by atoms with E-state index >= 15 is 0 Å². The fourth-order valence-corrected chi connectivity index (χ4v) is 3.59. The summed E-state index contributed by atoms with van der Waals surface area (Å²) < 4.78 is 0. The molecular weight excluding hydrogens is 240 g/mol. The molecule has 1 saturated heterocycles. The van der Waals surface area contributed by atoms with Crippen LogP contribution in [0, 0.1) is 5.41 Å². The number of nitrogens with two attached hydrogens (primary N) is 1. The zero-order valence-electron chi connectivity index (χ0n) is 12.2. The Hall–Kier alpha value is -0.900. The van der Waals surface area contributed by atoms with Gasteiger partial charge in [-0.1, -0.05) is 33.1 Å². The molecule has 0 aromatic rings. The number of hydrogen-bond donors (Lipinski definition) is 1. The first kappa shape index (κ1) is 14.5. The first-order chi connectivity index (χ1) is 9.05. The molecule has 4 nitrogen and oxygen atoms in total. The van der Waals surface area contributed by atoms with Gasteiger partial charge in [-0.15, -0.1) is 0 Å². The minimum atomic E-state index is -0.455. The van der Waals surface area contributed by atoms with Crippen molar-refractivity contribution in [1.82, 2.24) is 4.90 Å². The molecule has 1 heterocycles. The minimum Gasteiger partial charge on any atom is -0.326 e. The number of rotatable bonds is 3. The smallest absolute Gasteiger partial charge is 0.236 e. The van der Waals surface area contributed by atoms with Crippen molar-refractivity contribution in [3.8, 4) is 0 Å². The number of nitrogens with zero attached hydrogens (tertiary/aromatic N) is 1. The standard InChI is InChI=1S/C15H26N2O2/c1-3-15(4-2)10-13(18)17(14(15)19)12-9-7-5-6-8-11(12)16/h11-12H,3-10,16H2,1-2H3. The van der Waals surface area contributed by atoms with Gasteiger partial charge >= 0.3 is 0 Å². The maximum atomic E-state index is 12.7. The zero-order chi connectivity index (χ0) is 14.0. The summed E-state index contributed by atoms with van der Waals surface area (Å²) in [5.74, 6) is 0.0286. The first-order valence-electron chi connectivity index (χ1n) is 7.68. The predicted molar refractivity (Wildman–Crippen MR) is 74.3 cm³/mol. The highest BCUT2D eigenvalue weighted by Gasteiger charge is 2.51. The number of imide groups is 1. The van der Waals surface area contributed by atoms with Crippen molar-refractivity contribution in [3.63, 3.8) is 0 Å². The van der Waals surface area contributed by atoms with E-state index in [0.29, 0.717) is 6.42 Å². The Morgan fingerprint density at radius 3 is 2.37 bits per heavy atom. The van der Waals surface area contributed by atoms with Gasteiger partial charge < -0.3 is 5.73 Å². The lowest BCUT2D eigenvalue weighted by atomic mass is 9.81. The third kappa shape index (κ3) is 2.42. The Morgan fingerprint density at radius 1 is 1.16 bits per heavy atom. The topological polar surface area (TPSA) is 63.4 Å². The summed E-state index contributed by atoms with van der Waals surface area (Å²) in [6.45, 7) is 4.01. The molecule has 4 heteroatoms. The summed E-state index contributed by atoms with van der Waals surface area (Å²) in [4.78, 5) is 26.6. The van der Waals surface area contributed by atoms with Gasteiger partial charge in [-0.25, -0.2) is 0 Å². The SMILES string of the molecule is CCC1(CC)CC(=O)N(C2CCCCCC2N)C1=O. The van der Waals surface area contributed by atoms with E-state index in [-0.39, 0.29) is 23.9 Å². The van der Waals surface area contributed by atoms with Crippen LogP contribution in [0.4, 0.5) is 0 Å². The van der Waals surface area contributed by atoms with E-state index in [0.717, 1.165) is 44.9 Å². The van der Waals surface area contributed by atoms with Crippen molar-refractivity contribution in [2.75, 3.05) is 0 Å². The van der Waals surface area contributed by atoms with Crippen molar-refractivity contribution < 1.29 is 9.59 Å². The predicted octanol–water partition coefficient (Wildman–Crippen LogP) is 2.21. The van der Waals surface area contributed by atoms with Crippen LogP contribution in [0.15, 0.2) is 0 Å². The van der Waals surface area contributed by atoms with Crippen molar-refractivity contribution in [2.45, 2.75) is 77.3 Å². The lowest BCUT2D eigenvalue weighted by Crippen LogP contribution is -2.51. The lowest BCUT2D eigenvalue weighted by molar-refractivity contribution is -0.145. The van der Waals surface area contributed by atoms with Gasteiger partial charge in [0.15, 0.2) is 0 Å². The van der Waals surface area contributed by atoms with Crippen molar-refractivity contribution in [1.29, 1.82) is 0 Å². The average Bonchev–Trinajstić information content (AvgIpc) is 2.55. The van der Waals surface area contributed by atoms with E-state index in [9.17, 15) is 9.59 Å². The normalized spacial score (nSPS) is 31.6. The van der Waals surface area contributed by atoms with Crippen molar-refractivity contribution >= 4 is 11.8 Å². The lowest BCUT2D eigenvalue weighted by Gasteiger charge is -2.32. The maximum absolute atomic E-state index is 12.7. The second kappa shape index (κ2) is 5.61. The molecule has 1 aliphatic heterocycles. The highest BCUT2D eigenvalue weighted by atomic mass is 16.2. The molecule has 2 amide bonds. The molecule has 2 aliphatic rings. The van der Waals surface area contributed by atoms with Gasteiger partial charge in [0, 0.05) is 12.5 Å². The third-order valence-corrected chi connectivity index (χ3v) is 5.15. The first-order valence-corrected chi connectivity index (χ1v) is 7.68. The Bertz CT molecular complexity index is 363. The molecule has 2 rings (SSSR count). The van der Waals surface area contributed by atoms with E-state index in [1.807, 2.05) is 13.8 Å². The van der Waals surface area contributed by atoms with E-state index in [2.05, 4.69) is 0 Å². The van der Waals surface area contributed by atoms with Crippen LogP contribution in [-0.4, -0.2) is 28.8 Å². The monoisotopic (exact) mass is 266 g/mol. The van der Waals surface area contributed by atoms with Gasteiger partial charge in [0.05, 0.1) is 11.5 Å². The van der Waals surface area contributed by atoms with Gasteiger partial charge in [0.1, 0.15) is 0 Å². The summed E-state index contributed by atoms with van der Waals surface area (Å²) >= 11 is 0. The van der Waals surface area contributed by atoms with Gasteiger partial charge in [0.2, 0.25) is 11.8 Å². The number of carbonyl (C=O) groups excluding carboxylic acids is 2. The zero-order valence-corrected chi connectivity index (χ0v) is 12.2. The molecule has 2 atom stereocenters. The van der Waals surface area contributed by atoms with E-state index < -0.39 is 5.41 Å². The summed E-state index contributed by atoms with van der Waals surface area (Å²) in [5.41, 5.74) is 5.75.